The van der Waals surface area contributed by atoms with Crippen molar-refractivity contribution < 1.29 is 14.1 Å². The highest BCUT2D eigenvalue weighted by Gasteiger charge is 2.26. The number of ether oxygens (including phenoxy) is 1. The van der Waals surface area contributed by atoms with Crippen LogP contribution in [0.5, 0.6) is 5.75 Å². The molecule has 0 aliphatic carbocycles. The molecule has 0 radical (unpaired) electrons. The molecule has 156 valence electrons. The molecule has 3 aromatic rings. The van der Waals surface area contributed by atoms with E-state index in [-0.39, 0.29) is 11.8 Å². The third-order valence-electron chi connectivity index (χ3n) is 5.51. The second kappa shape index (κ2) is 9.09. The predicted octanol–water partition coefficient (Wildman–Crippen LogP) is 3.90. The van der Waals surface area contributed by atoms with Gasteiger partial charge in [0.1, 0.15) is 5.75 Å². The van der Waals surface area contributed by atoms with Crippen molar-refractivity contribution in [3.8, 4) is 17.1 Å². The minimum absolute atomic E-state index is 0.00216. The first-order valence-corrected chi connectivity index (χ1v) is 10.2. The fourth-order valence-electron chi connectivity index (χ4n) is 3.74. The summed E-state index contributed by atoms with van der Waals surface area (Å²) in [5.74, 6) is 2.01. The minimum Gasteiger partial charge on any atom is -0.497 e. The summed E-state index contributed by atoms with van der Waals surface area (Å²) < 4.78 is 10.7. The molecule has 1 aliphatic rings. The van der Waals surface area contributed by atoms with Gasteiger partial charge < -0.3 is 14.6 Å². The first kappa shape index (κ1) is 20.1. The number of benzene rings is 2. The number of nitrogens with one attached hydrogen (secondary N) is 1. The van der Waals surface area contributed by atoms with Crippen molar-refractivity contribution in [3.05, 3.63) is 60.0 Å². The molecule has 0 spiro atoms. The summed E-state index contributed by atoms with van der Waals surface area (Å²) in [4.78, 5) is 19.4. The number of likely N-dealkylation sites (tertiary alicyclic amines) is 1. The van der Waals surface area contributed by atoms with Gasteiger partial charge >= 0.3 is 0 Å². The lowest BCUT2D eigenvalue weighted by molar-refractivity contribution is -0.121. The van der Waals surface area contributed by atoms with E-state index in [0.717, 1.165) is 48.5 Å². The summed E-state index contributed by atoms with van der Waals surface area (Å²) in [5.41, 5.74) is 2.87. The Hall–Kier alpha value is -3.19. The van der Waals surface area contributed by atoms with Crippen LogP contribution >= 0.6 is 0 Å². The highest BCUT2D eigenvalue weighted by molar-refractivity contribution is 5.92. The van der Waals surface area contributed by atoms with Crippen LogP contribution in [-0.4, -0.2) is 41.1 Å². The van der Waals surface area contributed by atoms with Crippen molar-refractivity contribution in [1.82, 2.24) is 15.0 Å². The fourth-order valence-corrected chi connectivity index (χ4v) is 3.74. The van der Waals surface area contributed by atoms with Gasteiger partial charge in [0.2, 0.25) is 17.6 Å². The predicted molar refractivity (Wildman–Crippen MR) is 114 cm³/mol. The summed E-state index contributed by atoms with van der Waals surface area (Å²) in [7, 11) is 1.62. The summed E-state index contributed by atoms with van der Waals surface area (Å²) in [6.45, 7) is 4.27. The van der Waals surface area contributed by atoms with Crippen LogP contribution in [-0.2, 0) is 11.3 Å². The molecule has 7 nitrogen and oxygen atoms in total. The zero-order valence-electron chi connectivity index (χ0n) is 17.3. The zero-order chi connectivity index (χ0) is 20.9. The summed E-state index contributed by atoms with van der Waals surface area (Å²) in [6.07, 6.45) is 1.60. The fraction of sp³-hybridized carbons (Fsp3) is 0.348. The van der Waals surface area contributed by atoms with Gasteiger partial charge in [0.05, 0.1) is 13.7 Å². The molecule has 4 rings (SSSR count). The number of carbonyl (C=O) groups excluding carboxylic acids is 1. The molecule has 1 aliphatic heterocycles. The lowest BCUT2D eigenvalue weighted by Crippen LogP contribution is -2.37. The first-order chi connectivity index (χ1) is 14.6. The number of rotatable bonds is 6. The van der Waals surface area contributed by atoms with Gasteiger partial charge in [-0.2, -0.15) is 4.98 Å². The SMILES string of the molecule is COc1cccc(NC(=O)C2CCN(Cc3nc(-c4ccccc4C)no3)CC2)c1. The third kappa shape index (κ3) is 4.68. The Kier molecular flexibility index (Phi) is 6.09. The van der Waals surface area contributed by atoms with Crippen molar-refractivity contribution in [2.24, 2.45) is 5.92 Å². The van der Waals surface area contributed by atoms with Crippen molar-refractivity contribution in [2.45, 2.75) is 26.3 Å². The molecule has 1 aromatic heterocycles. The standard InChI is InChI=1S/C23H26N4O3/c1-16-6-3-4-9-20(16)22-25-21(30-26-22)15-27-12-10-17(11-13-27)23(28)24-18-7-5-8-19(14-18)29-2/h3-9,14,17H,10-13,15H2,1-2H3,(H,24,28). The molecule has 1 saturated heterocycles. The topological polar surface area (TPSA) is 80.5 Å². The third-order valence-corrected chi connectivity index (χ3v) is 5.51. The average Bonchev–Trinajstić information content (AvgIpc) is 3.23. The van der Waals surface area contributed by atoms with Crippen molar-refractivity contribution in [2.75, 3.05) is 25.5 Å². The van der Waals surface area contributed by atoms with Gasteiger partial charge in [-0.25, -0.2) is 0 Å². The zero-order valence-corrected chi connectivity index (χ0v) is 17.3. The van der Waals surface area contributed by atoms with Crippen LogP contribution in [0, 0.1) is 12.8 Å². The van der Waals surface area contributed by atoms with E-state index in [9.17, 15) is 4.79 Å². The van der Waals surface area contributed by atoms with Gasteiger partial charge in [-0.1, -0.05) is 35.5 Å². The molecular weight excluding hydrogens is 380 g/mol. The van der Waals surface area contributed by atoms with Gasteiger partial charge in [-0.05, 0) is 50.6 Å². The largest absolute Gasteiger partial charge is 0.497 e. The van der Waals surface area contributed by atoms with E-state index in [1.807, 2.05) is 55.5 Å². The number of aryl methyl sites for hydroxylation is 1. The average molecular weight is 406 g/mol. The van der Waals surface area contributed by atoms with Gasteiger partial charge in [0, 0.05) is 23.2 Å². The molecule has 30 heavy (non-hydrogen) atoms. The molecule has 1 fully saturated rings. The second-order valence-electron chi connectivity index (χ2n) is 7.60. The number of hydrogen-bond donors (Lipinski definition) is 1. The van der Waals surface area contributed by atoms with Gasteiger partial charge in [-0.15, -0.1) is 0 Å². The summed E-state index contributed by atoms with van der Waals surface area (Å²) in [5, 5.41) is 7.13. The van der Waals surface area contributed by atoms with Crippen LogP contribution < -0.4 is 10.1 Å². The van der Waals surface area contributed by atoms with E-state index in [4.69, 9.17) is 9.26 Å². The maximum absolute atomic E-state index is 12.6. The number of amides is 1. The number of piperidine rings is 1. The molecule has 7 heteroatoms. The molecule has 0 unspecified atom stereocenters. The van der Waals surface area contributed by atoms with E-state index < -0.39 is 0 Å². The summed E-state index contributed by atoms with van der Waals surface area (Å²) in [6, 6.07) is 15.4. The number of nitrogens with zero attached hydrogens (tertiary/aromatic N) is 3. The monoisotopic (exact) mass is 406 g/mol. The smallest absolute Gasteiger partial charge is 0.241 e. The Morgan fingerprint density at radius 1 is 1.20 bits per heavy atom. The quantitative estimate of drug-likeness (QED) is 0.669. The highest BCUT2D eigenvalue weighted by atomic mass is 16.5. The van der Waals surface area contributed by atoms with Crippen LogP contribution in [0.3, 0.4) is 0 Å². The van der Waals surface area contributed by atoms with Crippen LogP contribution in [0.25, 0.3) is 11.4 Å². The molecular formula is C23H26N4O3. The van der Waals surface area contributed by atoms with E-state index in [1.165, 1.54) is 0 Å². The van der Waals surface area contributed by atoms with Crippen molar-refractivity contribution in [3.63, 3.8) is 0 Å². The Labute approximate surface area is 176 Å². The number of aromatic nitrogens is 2. The Morgan fingerprint density at radius 2 is 2.00 bits per heavy atom. The Bertz CT molecular complexity index is 1010. The van der Waals surface area contributed by atoms with E-state index in [0.29, 0.717) is 18.3 Å². The number of anilines is 1. The first-order valence-electron chi connectivity index (χ1n) is 10.2. The Morgan fingerprint density at radius 3 is 2.77 bits per heavy atom. The van der Waals surface area contributed by atoms with Crippen molar-refractivity contribution in [1.29, 1.82) is 0 Å². The maximum Gasteiger partial charge on any atom is 0.241 e. The van der Waals surface area contributed by atoms with Crippen molar-refractivity contribution >= 4 is 11.6 Å². The van der Waals surface area contributed by atoms with Gasteiger partial charge in [-0.3, -0.25) is 9.69 Å². The van der Waals surface area contributed by atoms with E-state index in [1.54, 1.807) is 7.11 Å². The minimum atomic E-state index is -0.00216. The lowest BCUT2D eigenvalue weighted by Gasteiger charge is -2.30. The molecule has 0 atom stereocenters. The lowest BCUT2D eigenvalue weighted by atomic mass is 9.96. The van der Waals surface area contributed by atoms with Crippen LogP contribution in [0.15, 0.2) is 53.1 Å². The van der Waals surface area contributed by atoms with Gasteiger partial charge in [0.15, 0.2) is 0 Å². The van der Waals surface area contributed by atoms with Crippen LogP contribution in [0.4, 0.5) is 5.69 Å². The number of hydrogen-bond acceptors (Lipinski definition) is 6. The molecule has 1 amide bonds. The summed E-state index contributed by atoms with van der Waals surface area (Å²) >= 11 is 0. The Balaban J connectivity index is 1.29. The number of carbonyl (C=O) groups is 1. The molecule has 0 bridgehead atoms. The molecule has 2 aromatic carbocycles. The normalized spacial score (nSPS) is 15.1. The number of methoxy groups -OCH3 is 1. The van der Waals surface area contributed by atoms with E-state index >= 15 is 0 Å². The maximum atomic E-state index is 12.6. The molecule has 1 N–H and O–H groups in total. The molecule has 2 heterocycles. The highest BCUT2D eigenvalue weighted by Crippen LogP contribution is 2.24. The van der Waals surface area contributed by atoms with Gasteiger partial charge in [0.25, 0.3) is 0 Å². The van der Waals surface area contributed by atoms with Crippen LogP contribution in [0.2, 0.25) is 0 Å². The van der Waals surface area contributed by atoms with Crippen LogP contribution in [0.1, 0.15) is 24.3 Å². The second-order valence-corrected chi connectivity index (χ2v) is 7.60. The van der Waals surface area contributed by atoms with E-state index in [2.05, 4.69) is 20.4 Å². The molecule has 0 saturated carbocycles.